The molecule has 1 aliphatic rings. The van der Waals surface area contributed by atoms with Gasteiger partial charge in [0, 0.05) is 25.4 Å². The number of aromatic nitrogens is 2. The fourth-order valence-electron chi connectivity index (χ4n) is 2.55. The first kappa shape index (κ1) is 14.6. The summed E-state index contributed by atoms with van der Waals surface area (Å²) in [7, 11) is -1.50. The predicted molar refractivity (Wildman–Crippen MR) is 83.5 cm³/mol. The first-order valence-corrected chi connectivity index (χ1v) is 8.60. The van der Waals surface area contributed by atoms with Crippen LogP contribution in [0.2, 0.25) is 0 Å². The van der Waals surface area contributed by atoms with Gasteiger partial charge in [0.1, 0.15) is 0 Å². The van der Waals surface area contributed by atoms with Gasteiger partial charge in [-0.25, -0.2) is 8.42 Å². The summed E-state index contributed by atoms with van der Waals surface area (Å²) < 4.78 is 26.4. The molecule has 0 bridgehead atoms. The van der Waals surface area contributed by atoms with Gasteiger partial charge in [-0.1, -0.05) is 0 Å². The van der Waals surface area contributed by atoms with Gasteiger partial charge in [0.25, 0.3) is 5.91 Å². The van der Waals surface area contributed by atoms with Gasteiger partial charge in [0.05, 0.1) is 23.8 Å². The molecule has 0 radical (unpaired) electrons. The maximum absolute atomic E-state index is 12.2. The number of sulfonamides is 1. The number of nitrogens with zero attached hydrogens (tertiary/aromatic N) is 3. The van der Waals surface area contributed by atoms with Crippen molar-refractivity contribution in [3.05, 3.63) is 41.7 Å². The molecule has 1 aliphatic heterocycles. The number of fused-ring (bicyclic) bond motifs is 1. The summed E-state index contributed by atoms with van der Waals surface area (Å²) in [4.78, 5) is 12.2. The lowest BCUT2D eigenvalue weighted by Gasteiger charge is -2.16. The third kappa shape index (κ3) is 2.69. The van der Waals surface area contributed by atoms with Crippen molar-refractivity contribution in [2.75, 3.05) is 22.4 Å². The molecule has 0 spiro atoms. The second-order valence-corrected chi connectivity index (χ2v) is 7.19. The Bertz CT molecular complexity index is 842. The Labute approximate surface area is 128 Å². The van der Waals surface area contributed by atoms with E-state index in [-0.39, 0.29) is 5.91 Å². The Kier molecular flexibility index (Phi) is 3.40. The molecular formula is C14H16N4O3S. The third-order valence-electron chi connectivity index (χ3n) is 3.56. The summed E-state index contributed by atoms with van der Waals surface area (Å²) in [6.45, 7) is 0.418. The smallest absolute Gasteiger partial charge is 0.255 e. The standard InChI is InChI=1S/C14H16N4O3S/c1-17-9-12(8-15-17)16-14(19)11-3-4-13-10(7-11)5-6-18(13)22(2,20)21/h3-4,7-9H,5-6H2,1-2H3,(H,16,19). The molecule has 1 aromatic heterocycles. The van der Waals surface area contributed by atoms with Crippen molar-refractivity contribution in [2.24, 2.45) is 7.05 Å². The molecule has 0 fully saturated rings. The molecule has 22 heavy (non-hydrogen) atoms. The van der Waals surface area contributed by atoms with E-state index < -0.39 is 10.0 Å². The van der Waals surface area contributed by atoms with Crippen LogP contribution in [0.5, 0.6) is 0 Å². The summed E-state index contributed by atoms with van der Waals surface area (Å²) in [5, 5.41) is 6.74. The van der Waals surface area contributed by atoms with E-state index in [4.69, 9.17) is 0 Å². The van der Waals surface area contributed by atoms with E-state index in [2.05, 4.69) is 10.4 Å². The van der Waals surface area contributed by atoms with Crippen LogP contribution in [0, 0.1) is 0 Å². The normalized spacial score (nSPS) is 14.0. The van der Waals surface area contributed by atoms with Crippen LogP contribution in [-0.2, 0) is 23.5 Å². The molecule has 3 rings (SSSR count). The molecule has 2 heterocycles. The van der Waals surface area contributed by atoms with E-state index in [1.807, 2.05) is 0 Å². The molecule has 8 heteroatoms. The predicted octanol–water partition coefficient (Wildman–Crippen LogP) is 0.994. The fraction of sp³-hybridized carbons (Fsp3) is 0.286. The van der Waals surface area contributed by atoms with Crippen LogP contribution in [0.25, 0.3) is 0 Å². The Morgan fingerprint density at radius 1 is 1.36 bits per heavy atom. The largest absolute Gasteiger partial charge is 0.319 e. The highest BCUT2D eigenvalue weighted by Gasteiger charge is 2.26. The summed E-state index contributed by atoms with van der Waals surface area (Å²) >= 11 is 0. The lowest BCUT2D eigenvalue weighted by atomic mass is 10.1. The number of carbonyl (C=O) groups excluding carboxylic acids is 1. The molecule has 7 nitrogen and oxygen atoms in total. The lowest BCUT2D eigenvalue weighted by Crippen LogP contribution is -2.27. The third-order valence-corrected chi connectivity index (χ3v) is 4.74. The number of hydrogen-bond donors (Lipinski definition) is 1. The number of hydrogen-bond acceptors (Lipinski definition) is 4. The fourth-order valence-corrected chi connectivity index (χ4v) is 3.50. The van der Waals surface area contributed by atoms with Crippen molar-refractivity contribution >= 4 is 27.3 Å². The van der Waals surface area contributed by atoms with E-state index in [0.717, 1.165) is 5.56 Å². The molecular weight excluding hydrogens is 304 g/mol. The number of rotatable bonds is 3. The average Bonchev–Trinajstić information content (AvgIpc) is 3.03. The van der Waals surface area contributed by atoms with Crippen molar-refractivity contribution in [1.29, 1.82) is 0 Å². The molecule has 0 unspecified atom stereocenters. The lowest BCUT2D eigenvalue weighted by molar-refractivity contribution is 0.102. The zero-order chi connectivity index (χ0) is 15.9. The number of nitrogens with one attached hydrogen (secondary N) is 1. The minimum Gasteiger partial charge on any atom is -0.319 e. The monoisotopic (exact) mass is 320 g/mol. The first-order chi connectivity index (χ1) is 10.3. The van der Waals surface area contributed by atoms with Crippen molar-refractivity contribution in [3.8, 4) is 0 Å². The summed E-state index contributed by atoms with van der Waals surface area (Å²) in [6, 6.07) is 5.06. The van der Waals surface area contributed by atoms with Crippen molar-refractivity contribution in [3.63, 3.8) is 0 Å². The van der Waals surface area contributed by atoms with Gasteiger partial charge >= 0.3 is 0 Å². The van der Waals surface area contributed by atoms with Gasteiger partial charge < -0.3 is 5.32 Å². The molecule has 1 N–H and O–H groups in total. The van der Waals surface area contributed by atoms with E-state index >= 15 is 0 Å². The number of anilines is 2. The van der Waals surface area contributed by atoms with E-state index in [1.165, 1.54) is 10.6 Å². The maximum atomic E-state index is 12.2. The highest BCUT2D eigenvalue weighted by Crippen LogP contribution is 2.30. The van der Waals surface area contributed by atoms with Crippen LogP contribution in [-0.4, -0.2) is 36.9 Å². The quantitative estimate of drug-likeness (QED) is 0.914. The molecule has 1 amide bonds. The number of amides is 1. The van der Waals surface area contributed by atoms with Gasteiger partial charge in [-0.15, -0.1) is 0 Å². The van der Waals surface area contributed by atoms with E-state index in [0.29, 0.717) is 29.9 Å². The molecule has 0 saturated heterocycles. The van der Waals surface area contributed by atoms with E-state index in [9.17, 15) is 13.2 Å². The van der Waals surface area contributed by atoms with E-state index in [1.54, 1.807) is 42.3 Å². The van der Waals surface area contributed by atoms with Gasteiger partial charge in [-0.2, -0.15) is 5.10 Å². The highest BCUT2D eigenvalue weighted by atomic mass is 32.2. The van der Waals surface area contributed by atoms with Crippen LogP contribution < -0.4 is 9.62 Å². The average molecular weight is 320 g/mol. The minimum absolute atomic E-state index is 0.242. The molecule has 0 atom stereocenters. The molecule has 0 aliphatic carbocycles. The second kappa shape index (κ2) is 5.13. The Hall–Kier alpha value is -2.35. The Balaban J connectivity index is 1.84. The summed E-state index contributed by atoms with van der Waals surface area (Å²) in [5.41, 5.74) is 2.63. The zero-order valence-electron chi connectivity index (χ0n) is 12.3. The van der Waals surface area contributed by atoms with Crippen LogP contribution in [0.4, 0.5) is 11.4 Å². The van der Waals surface area contributed by atoms with Crippen LogP contribution >= 0.6 is 0 Å². The van der Waals surface area contributed by atoms with Crippen molar-refractivity contribution in [1.82, 2.24) is 9.78 Å². The van der Waals surface area contributed by atoms with Crippen molar-refractivity contribution < 1.29 is 13.2 Å². The highest BCUT2D eigenvalue weighted by molar-refractivity contribution is 7.92. The van der Waals surface area contributed by atoms with Crippen molar-refractivity contribution in [2.45, 2.75) is 6.42 Å². The molecule has 116 valence electrons. The van der Waals surface area contributed by atoms with Gasteiger partial charge in [-0.05, 0) is 30.2 Å². The Morgan fingerprint density at radius 2 is 2.14 bits per heavy atom. The summed E-state index contributed by atoms with van der Waals surface area (Å²) in [5.74, 6) is -0.242. The molecule has 0 saturated carbocycles. The second-order valence-electron chi connectivity index (χ2n) is 5.29. The van der Waals surface area contributed by atoms with Crippen LogP contribution in [0.1, 0.15) is 15.9 Å². The molecule has 2 aromatic rings. The number of carbonyl (C=O) groups is 1. The summed E-state index contributed by atoms with van der Waals surface area (Å²) in [6.07, 6.45) is 5.06. The van der Waals surface area contributed by atoms with Crippen LogP contribution in [0.15, 0.2) is 30.6 Å². The molecule has 1 aromatic carbocycles. The van der Waals surface area contributed by atoms with Gasteiger partial charge in [0.15, 0.2) is 0 Å². The zero-order valence-corrected chi connectivity index (χ0v) is 13.1. The van der Waals surface area contributed by atoms with Gasteiger partial charge in [-0.3, -0.25) is 13.8 Å². The number of benzene rings is 1. The Morgan fingerprint density at radius 3 is 2.77 bits per heavy atom. The minimum atomic E-state index is -3.27. The number of aryl methyl sites for hydroxylation is 1. The van der Waals surface area contributed by atoms with Gasteiger partial charge in [0.2, 0.25) is 10.0 Å². The SMILES string of the molecule is Cn1cc(NC(=O)c2ccc3c(c2)CCN3S(C)(=O)=O)cn1. The van der Waals surface area contributed by atoms with Crippen LogP contribution in [0.3, 0.4) is 0 Å². The first-order valence-electron chi connectivity index (χ1n) is 6.75. The topological polar surface area (TPSA) is 84.3 Å². The maximum Gasteiger partial charge on any atom is 0.255 e.